The number of pyridine rings is 1. The zero-order valence-corrected chi connectivity index (χ0v) is 8.90. The molecule has 1 rings (SSSR count). The molecule has 1 aromatic heterocycles. The summed E-state index contributed by atoms with van der Waals surface area (Å²) in [6.45, 7) is 3.90. The van der Waals surface area contributed by atoms with Gasteiger partial charge >= 0.3 is 0 Å². The molecule has 78 valence electrons. The van der Waals surface area contributed by atoms with Crippen molar-refractivity contribution in [3.8, 4) is 17.5 Å². The van der Waals surface area contributed by atoms with Gasteiger partial charge in [0, 0.05) is 6.07 Å². The van der Waals surface area contributed by atoms with Gasteiger partial charge in [0.05, 0.1) is 20.3 Å². The maximum Gasteiger partial charge on any atom is 0.260 e. The third-order valence-corrected chi connectivity index (χ3v) is 1.56. The fraction of sp³-hybridized carbons (Fsp3) is 0.500. The van der Waals surface area contributed by atoms with Crippen LogP contribution < -0.4 is 14.2 Å². The smallest absolute Gasteiger partial charge is 0.260 e. The van der Waals surface area contributed by atoms with Crippen molar-refractivity contribution in [1.82, 2.24) is 4.98 Å². The fourth-order valence-electron chi connectivity index (χ4n) is 1.01. The highest BCUT2D eigenvalue weighted by molar-refractivity contribution is 5.36. The molecule has 0 aliphatic carbocycles. The molecule has 0 N–H and O–H groups in total. The molecule has 4 nitrogen and oxygen atoms in total. The van der Waals surface area contributed by atoms with Crippen LogP contribution in [0.25, 0.3) is 0 Å². The van der Waals surface area contributed by atoms with E-state index in [0.29, 0.717) is 17.5 Å². The minimum Gasteiger partial charge on any atom is -0.485 e. The zero-order valence-electron chi connectivity index (χ0n) is 8.90. The molecule has 0 bridgehead atoms. The first-order valence-electron chi connectivity index (χ1n) is 4.43. The highest BCUT2D eigenvalue weighted by Crippen LogP contribution is 2.27. The van der Waals surface area contributed by atoms with Gasteiger partial charge in [0.25, 0.3) is 5.88 Å². The zero-order chi connectivity index (χ0) is 10.6. The van der Waals surface area contributed by atoms with Gasteiger partial charge in [0.2, 0.25) is 5.88 Å². The Kier molecular flexibility index (Phi) is 3.56. The number of hydrogen-bond donors (Lipinski definition) is 0. The quantitative estimate of drug-likeness (QED) is 0.739. The van der Waals surface area contributed by atoms with Gasteiger partial charge in [-0.1, -0.05) is 0 Å². The van der Waals surface area contributed by atoms with E-state index >= 15 is 0 Å². The van der Waals surface area contributed by atoms with Crippen LogP contribution >= 0.6 is 0 Å². The first-order chi connectivity index (χ1) is 6.67. The van der Waals surface area contributed by atoms with E-state index in [4.69, 9.17) is 14.2 Å². The molecular weight excluding hydrogens is 182 g/mol. The van der Waals surface area contributed by atoms with Crippen molar-refractivity contribution in [2.24, 2.45) is 0 Å². The van der Waals surface area contributed by atoms with E-state index in [9.17, 15) is 0 Å². The van der Waals surface area contributed by atoms with Crippen LogP contribution in [0.3, 0.4) is 0 Å². The Hall–Kier alpha value is -1.45. The van der Waals surface area contributed by atoms with E-state index in [2.05, 4.69) is 4.98 Å². The molecule has 0 radical (unpaired) electrons. The van der Waals surface area contributed by atoms with E-state index in [1.54, 1.807) is 26.4 Å². The average molecular weight is 197 g/mol. The molecule has 4 heteroatoms. The van der Waals surface area contributed by atoms with Gasteiger partial charge in [-0.2, -0.15) is 4.98 Å². The summed E-state index contributed by atoms with van der Waals surface area (Å²) in [5, 5.41) is 0. The van der Waals surface area contributed by atoms with E-state index in [-0.39, 0.29) is 6.10 Å². The molecule has 0 fully saturated rings. The van der Waals surface area contributed by atoms with Crippen molar-refractivity contribution in [1.29, 1.82) is 0 Å². The second kappa shape index (κ2) is 4.69. The van der Waals surface area contributed by atoms with Gasteiger partial charge < -0.3 is 14.2 Å². The molecule has 0 amide bonds. The molecule has 0 aliphatic heterocycles. The van der Waals surface area contributed by atoms with E-state index in [1.165, 1.54) is 0 Å². The highest BCUT2D eigenvalue weighted by Gasteiger charge is 2.08. The normalized spacial score (nSPS) is 10.1. The third kappa shape index (κ3) is 2.52. The fourth-order valence-corrected chi connectivity index (χ4v) is 1.01. The maximum atomic E-state index is 5.49. The Morgan fingerprint density at radius 3 is 2.36 bits per heavy atom. The largest absolute Gasteiger partial charge is 0.485 e. The minimum absolute atomic E-state index is 0.0964. The standard InChI is InChI=1S/C10H15NO3/c1-7(2)14-8-5-6-9(12-3)11-10(8)13-4/h5-7H,1-4H3. The molecule has 0 saturated carbocycles. The summed E-state index contributed by atoms with van der Waals surface area (Å²) in [5.74, 6) is 1.58. The summed E-state index contributed by atoms with van der Waals surface area (Å²) < 4.78 is 15.5. The number of hydrogen-bond acceptors (Lipinski definition) is 4. The van der Waals surface area contributed by atoms with Crippen LogP contribution in [-0.2, 0) is 0 Å². The molecule has 1 aromatic rings. The SMILES string of the molecule is COc1ccc(OC(C)C)c(OC)n1. The molecule has 14 heavy (non-hydrogen) atoms. The van der Waals surface area contributed by atoms with Gasteiger partial charge in [-0.05, 0) is 19.9 Å². The lowest BCUT2D eigenvalue weighted by atomic mass is 10.4. The Balaban J connectivity index is 2.93. The summed E-state index contributed by atoms with van der Waals surface area (Å²) in [6, 6.07) is 3.52. The summed E-state index contributed by atoms with van der Waals surface area (Å²) >= 11 is 0. The van der Waals surface area contributed by atoms with Crippen LogP contribution in [-0.4, -0.2) is 25.3 Å². The van der Waals surface area contributed by atoms with Crippen LogP contribution in [0.1, 0.15) is 13.8 Å². The monoisotopic (exact) mass is 197 g/mol. The van der Waals surface area contributed by atoms with Gasteiger partial charge in [-0.3, -0.25) is 0 Å². The molecule has 0 atom stereocenters. The summed E-state index contributed by atoms with van der Waals surface area (Å²) in [4.78, 5) is 4.09. The van der Waals surface area contributed by atoms with Gasteiger partial charge in [-0.25, -0.2) is 0 Å². The Bertz CT molecular complexity index is 299. The Morgan fingerprint density at radius 1 is 1.14 bits per heavy atom. The topological polar surface area (TPSA) is 40.6 Å². The van der Waals surface area contributed by atoms with Crippen LogP contribution in [0.4, 0.5) is 0 Å². The number of methoxy groups -OCH3 is 2. The lowest BCUT2D eigenvalue weighted by molar-refractivity contribution is 0.225. The summed E-state index contributed by atoms with van der Waals surface area (Å²) in [6.07, 6.45) is 0.0964. The molecule has 0 aliphatic rings. The minimum atomic E-state index is 0.0964. The van der Waals surface area contributed by atoms with Crippen LogP contribution in [0, 0.1) is 0 Å². The predicted molar refractivity (Wildman–Crippen MR) is 53.1 cm³/mol. The van der Waals surface area contributed by atoms with Crippen molar-refractivity contribution in [3.63, 3.8) is 0 Å². The molecule has 0 unspecified atom stereocenters. The van der Waals surface area contributed by atoms with Gasteiger partial charge in [-0.15, -0.1) is 0 Å². The van der Waals surface area contributed by atoms with Crippen molar-refractivity contribution >= 4 is 0 Å². The second-order valence-corrected chi connectivity index (χ2v) is 3.03. The lowest BCUT2D eigenvalue weighted by Gasteiger charge is -2.12. The average Bonchev–Trinajstić information content (AvgIpc) is 2.17. The van der Waals surface area contributed by atoms with E-state index in [1.807, 2.05) is 13.8 Å². The van der Waals surface area contributed by atoms with E-state index < -0.39 is 0 Å². The van der Waals surface area contributed by atoms with Crippen LogP contribution in [0.5, 0.6) is 17.5 Å². The molecule has 0 aromatic carbocycles. The van der Waals surface area contributed by atoms with Crippen molar-refractivity contribution in [2.45, 2.75) is 20.0 Å². The first kappa shape index (κ1) is 10.6. The second-order valence-electron chi connectivity index (χ2n) is 3.03. The number of ether oxygens (including phenoxy) is 3. The van der Waals surface area contributed by atoms with Crippen molar-refractivity contribution in [2.75, 3.05) is 14.2 Å². The predicted octanol–water partition coefficient (Wildman–Crippen LogP) is 1.89. The first-order valence-corrected chi connectivity index (χ1v) is 4.43. The summed E-state index contributed by atoms with van der Waals surface area (Å²) in [7, 11) is 3.11. The number of nitrogens with zero attached hydrogens (tertiary/aromatic N) is 1. The Labute approximate surface area is 83.8 Å². The molecule has 1 heterocycles. The van der Waals surface area contributed by atoms with Crippen molar-refractivity contribution in [3.05, 3.63) is 12.1 Å². The maximum absolute atomic E-state index is 5.49. The van der Waals surface area contributed by atoms with Crippen LogP contribution in [0.2, 0.25) is 0 Å². The van der Waals surface area contributed by atoms with Crippen LogP contribution in [0.15, 0.2) is 12.1 Å². The molecule has 0 spiro atoms. The number of rotatable bonds is 4. The van der Waals surface area contributed by atoms with Crippen molar-refractivity contribution < 1.29 is 14.2 Å². The Morgan fingerprint density at radius 2 is 1.86 bits per heavy atom. The van der Waals surface area contributed by atoms with E-state index in [0.717, 1.165) is 0 Å². The lowest BCUT2D eigenvalue weighted by Crippen LogP contribution is -2.07. The highest BCUT2D eigenvalue weighted by atomic mass is 16.5. The third-order valence-electron chi connectivity index (χ3n) is 1.56. The number of aromatic nitrogens is 1. The van der Waals surface area contributed by atoms with Gasteiger partial charge in [0.15, 0.2) is 5.75 Å². The molecular formula is C10H15NO3. The molecule has 0 saturated heterocycles. The van der Waals surface area contributed by atoms with Gasteiger partial charge in [0.1, 0.15) is 0 Å². The summed E-state index contributed by atoms with van der Waals surface area (Å²) in [5.41, 5.74) is 0.